The van der Waals surface area contributed by atoms with Gasteiger partial charge in [0.1, 0.15) is 0 Å². The standard InChI is InChI=1S/C9H13F3N4/c1-15-4-6-2-3-7(16-5-6)8(13,14)9(10,11)12/h2-3,5,15H,4,13-14H2,1H3. The fraction of sp³-hybridized carbons (Fsp3) is 0.444. The van der Waals surface area contributed by atoms with Gasteiger partial charge in [-0.25, -0.2) is 0 Å². The van der Waals surface area contributed by atoms with E-state index in [2.05, 4.69) is 10.3 Å². The molecule has 1 aromatic heterocycles. The molecule has 0 saturated heterocycles. The molecule has 0 unspecified atom stereocenters. The van der Waals surface area contributed by atoms with Gasteiger partial charge in [0, 0.05) is 12.7 Å². The maximum Gasteiger partial charge on any atom is 0.425 e. The lowest BCUT2D eigenvalue weighted by Crippen LogP contribution is -2.58. The van der Waals surface area contributed by atoms with Crippen LogP contribution >= 0.6 is 0 Å². The number of alkyl halides is 3. The summed E-state index contributed by atoms with van der Waals surface area (Å²) in [6, 6.07) is 2.68. The molecule has 1 rings (SSSR count). The second-order valence-corrected chi connectivity index (χ2v) is 3.45. The number of rotatable bonds is 3. The summed E-state index contributed by atoms with van der Waals surface area (Å²) in [6.07, 6.45) is -3.42. The van der Waals surface area contributed by atoms with Crippen molar-refractivity contribution in [2.75, 3.05) is 7.05 Å². The van der Waals surface area contributed by atoms with Crippen LogP contribution in [0.5, 0.6) is 0 Å². The molecule has 1 heterocycles. The highest BCUT2D eigenvalue weighted by Gasteiger charge is 2.51. The van der Waals surface area contributed by atoms with Gasteiger partial charge in [0.15, 0.2) is 0 Å². The Morgan fingerprint density at radius 3 is 2.31 bits per heavy atom. The van der Waals surface area contributed by atoms with Crippen molar-refractivity contribution < 1.29 is 13.2 Å². The van der Waals surface area contributed by atoms with Gasteiger partial charge < -0.3 is 16.8 Å². The van der Waals surface area contributed by atoms with Gasteiger partial charge in [0.2, 0.25) is 5.66 Å². The van der Waals surface area contributed by atoms with Gasteiger partial charge in [0.05, 0.1) is 5.69 Å². The number of nitrogens with zero attached hydrogens (tertiary/aromatic N) is 1. The Hall–Kier alpha value is -1.18. The predicted molar refractivity (Wildman–Crippen MR) is 53.1 cm³/mol. The monoisotopic (exact) mass is 234 g/mol. The summed E-state index contributed by atoms with van der Waals surface area (Å²) in [4.78, 5) is 3.63. The van der Waals surface area contributed by atoms with Crippen LogP contribution in [0.2, 0.25) is 0 Å². The highest BCUT2D eigenvalue weighted by atomic mass is 19.4. The highest BCUT2D eigenvalue weighted by molar-refractivity contribution is 5.20. The van der Waals surface area contributed by atoms with E-state index in [9.17, 15) is 13.2 Å². The second kappa shape index (κ2) is 4.36. The van der Waals surface area contributed by atoms with Crippen molar-refractivity contribution in [2.24, 2.45) is 11.5 Å². The van der Waals surface area contributed by atoms with Crippen LogP contribution in [0.4, 0.5) is 13.2 Å². The van der Waals surface area contributed by atoms with Gasteiger partial charge in [-0.3, -0.25) is 4.98 Å². The first-order valence-corrected chi connectivity index (χ1v) is 4.53. The number of aromatic nitrogens is 1. The molecule has 0 atom stereocenters. The maximum absolute atomic E-state index is 12.5. The Bertz CT molecular complexity index is 345. The summed E-state index contributed by atoms with van der Waals surface area (Å²) in [5, 5.41) is 2.85. The normalized spacial score (nSPS) is 12.9. The Kier molecular flexibility index (Phi) is 3.51. The van der Waals surface area contributed by atoms with Crippen LogP contribution in [-0.2, 0) is 12.2 Å². The molecular formula is C9H13F3N4. The Morgan fingerprint density at radius 2 is 1.94 bits per heavy atom. The van der Waals surface area contributed by atoms with Crippen LogP contribution in [-0.4, -0.2) is 18.2 Å². The van der Waals surface area contributed by atoms with Crippen LogP contribution < -0.4 is 16.8 Å². The number of hydrogen-bond acceptors (Lipinski definition) is 4. The summed E-state index contributed by atoms with van der Waals surface area (Å²) < 4.78 is 37.4. The Labute approximate surface area is 90.8 Å². The van der Waals surface area contributed by atoms with Gasteiger partial charge in [-0.05, 0) is 18.7 Å². The van der Waals surface area contributed by atoms with E-state index >= 15 is 0 Å². The topological polar surface area (TPSA) is 77.0 Å². The van der Waals surface area contributed by atoms with Gasteiger partial charge in [-0.2, -0.15) is 13.2 Å². The number of hydrogen-bond donors (Lipinski definition) is 3. The molecule has 0 spiro atoms. The molecule has 0 radical (unpaired) electrons. The third-order valence-electron chi connectivity index (χ3n) is 2.10. The number of nitrogens with one attached hydrogen (secondary N) is 1. The average Bonchev–Trinajstić information content (AvgIpc) is 2.17. The van der Waals surface area contributed by atoms with Gasteiger partial charge >= 0.3 is 6.18 Å². The van der Waals surface area contributed by atoms with Gasteiger partial charge in [-0.15, -0.1) is 0 Å². The SMILES string of the molecule is CNCc1ccc(C(N)(N)C(F)(F)F)nc1. The first kappa shape index (κ1) is 12.9. The molecule has 0 amide bonds. The third-order valence-corrected chi connectivity index (χ3v) is 2.10. The van der Waals surface area contributed by atoms with Crippen molar-refractivity contribution in [1.29, 1.82) is 0 Å². The van der Waals surface area contributed by atoms with Crippen molar-refractivity contribution in [3.05, 3.63) is 29.6 Å². The molecular weight excluding hydrogens is 221 g/mol. The number of nitrogens with two attached hydrogens (primary N) is 2. The van der Waals surface area contributed by atoms with E-state index in [0.717, 1.165) is 5.56 Å². The molecule has 7 heteroatoms. The lowest BCUT2D eigenvalue weighted by Gasteiger charge is -2.26. The molecule has 0 saturated carbocycles. The van der Waals surface area contributed by atoms with Crippen molar-refractivity contribution in [1.82, 2.24) is 10.3 Å². The zero-order valence-corrected chi connectivity index (χ0v) is 8.67. The van der Waals surface area contributed by atoms with Crippen molar-refractivity contribution in [3.63, 3.8) is 0 Å². The molecule has 5 N–H and O–H groups in total. The lowest BCUT2D eigenvalue weighted by atomic mass is 10.1. The number of halogens is 3. The molecule has 0 aliphatic heterocycles. The minimum Gasteiger partial charge on any atom is -0.316 e. The van der Waals surface area contributed by atoms with Crippen LogP contribution in [0.1, 0.15) is 11.3 Å². The first-order valence-electron chi connectivity index (χ1n) is 4.53. The molecule has 90 valence electrons. The van der Waals surface area contributed by atoms with E-state index in [1.807, 2.05) is 0 Å². The van der Waals surface area contributed by atoms with Crippen LogP contribution in [0.15, 0.2) is 18.3 Å². The molecule has 0 aliphatic carbocycles. The fourth-order valence-corrected chi connectivity index (χ4v) is 1.12. The summed E-state index contributed by atoms with van der Waals surface area (Å²) in [6.45, 7) is 0.515. The lowest BCUT2D eigenvalue weighted by molar-refractivity contribution is -0.189. The Morgan fingerprint density at radius 1 is 1.31 bits per heavy atom. The smallest absolute Gasteiger partial charge is 0.316 e. The van der Waals surface area contributed by atoms with E-state index in [1.54, 1.807) is 7.05 Å². The highest BCUT2D eigenvalue weighted by Crippen LogP contribution is 2.31. The zero-order valence-electron chi connectivity index (χ0n) is 8.67. The molecule has 0 bridgehead atoms. The molecule has 0 aromatic carbocycles. The van der Waals surface area contributed by atoms with Crippen LogP contribution in [0.25, 0.3) is 0 Å². The first-order chi connectivity index (χ1) is 7.29. The van der Waals surface area contributed by atoms with Crippen molar-refractivity contribution in [2.45, 2.75) is 18.4 Å². The van der Waals surface area contributed by atoms with Gasteiger partial charge in [0.25, 0.3) is 0 Å². The minimum absolute atomic E-state index is 0.403. The number of pyridine rings is 1. The molecule has 1 aromatic rings. The quantitative estimate of drug-likeness (QED) is 0.663. The Balaban J connectivity index is 2.97. The summed E-state index contributed by atoms with van der Waals surface area (Å²) in [7, 11) is 1.72. The fourth-order valence-electron chi connectivity index (χ4n) is 1.12. The summed E-state index contributed by atoms with van der Waals surface area (Å²) in [5.74, 6) is 0. The molecule has 0 aliphatic rings. The van der Waals surface area contributed by atoms with E-state index < -0.39 is 17.5 Å². The van der Waals surface area contributed by atoms with Crippen molar-refractivity contribution >= 4 is 0 Å². The van der Waals surface area contributed by atoms with E-state index in [4.69, 9.17) is 11.5 Å². The third kappa shape index (κ3) is 2.49. The minimum atomic E-state index is -4.73. The summed E-state index contributed by atoms with van der Waals surface area (Å²) >= 11 is 0. The van der Waals surface area contributed by atoms with E-state index in [-0.39, 0.29) is 0 Å². The molecule has 4 nitrogen and oxygen atoms in total. The largest absolute Gasteiger partial charge is 0.425 e. The zero-order chi connectivity index (χ0) is 12.4. The molecule has 0 fully saturated rings. The van der Waals surface area contributed by atoms with E-state index in [1.165, 1.54) is 18.3 Å². The van der Waals surface area contributed by atoms with Gasteiger partial charge in [-0.1, -0.05) is 6.07 Å². The van der Waals surface area contributed by atoms with E-state index in [0.29, 0.717) is 6.54 Å². The predicted octanol–water partition coefficient (Wildman–Crippen LogP) is 0.433. The van der Waals surface area contributed by atoms with Crippen molar-refractivity contribution in [3.8, 4) is 0 Å². The maximum atomic E-state index is 12.5. The second-order valence-electron chi connectivity index (χ2n) is 3.45. The average molecular weight is 234 g/mol. The van der Waals surface area contributed by atoms with Crippen LogP contribution in [0.3, 0.4) is 0 Å². The van der Waals surface area contributed by atoms with Crippen LogP contribution in [0, 0.1) is 0 Å². The molecule has 16 heavy (non-hydrogen) atoms. The summed E-state index contributed by atoms with van der Waals surface area (Å²) in [5.41, 5.74) is 7.47.